The van der Waals surface area contributed by atoms with E-state index < -0.39 is 11.8 Å². The van der Waals surface area contributed by atoms with Gasteiger partial charge in [0.15, 0.2) is 0 Å². The van der Waals surface area contributed by atoms with Crippen LogP contribution in [0.25, 0.3) is 10.9 Å². The number of halogens is 2. The van der Waals surface area contributed by atoms with Gasteiger partial charge < -0.3 is 15.0 Å². The Morgan fingerprint density at radius 3 is 2.95 bits per heavy atom. The lowest BCUT2D eigenvalue weighted by Gasteiger charge is -2.23. The van der Waals surface area contributed by atoms with Gasteiger partial charge in [-0.05, 0) is 31.0 Å². The van der Waals surface area contributed by atoms with Crippen molar-refractivity contribution in [3.05, 3.63) is 34.7 Å². The van der Waals surface area contributed by atoms with Crippen LogP contribution in [0.5, 0.6) is 0 Å². The molecule has 116 valence electrons. The third kappa shape index (κ3) is 2.54. The van der Waals surface area contributed by atoms with Gasteiger partial charge in [0, 0.05) is 23.5 Å². The molecule has 2 N–H and O–H groups in total. The van der Waals surface area contributed by atoms with Crippen molar-refractivity contribution >= 4 is 34.4 Å². The number of H-pyrrole nitrogens is 1. The van der Waals surface area contributed by atoms with Crippen LogP contribution in [0.1, 0.15) is 29.8 Å². The first-order chi connectivity index (χ1) is 10.5. The first kappa shape index (κ1) is 14.8. The molecule has 1 saturated heterocycles. The summed E-state index contributed by atoms with van der Waals surface area (Å²) < 4.78 is 13.3. The van der Waals surface area contributed by atoms with E-state index in [4.69, 9.17) is 16.7 Å². The van der Waals surface area contributed by atoms with Gasteiger partial charge in [0.05, 0.1) is 11.4 Å². The summed E-state index contributed by atoms with van der Waals surface area (Å²) in [6.45, 7) is 0.497. The minimum absolute atomic E-state index is 0.0851. The molecule has 1 amide bonds. The lowest BCUT2D eigenvalue weighted by molar-refractivity contribution is -0.137. The number of aromatic nitrogens is 1. The van der Waals surface area contributed by atoms with Gasteiger partial charge in [-0.3, -0.25) is 9.59 Å². The molecule has 3 rings (SSSR count). The fourth-order valence-corrected chi connectivity index (χ4v) is 3.22. The number of rotatable bonds is 3. The SMILES string of the molecule is O=C(O)CC1CCCN1C(=O)c1[nH]c2ccc(F)cc2c1Cl. The van der Waals surface area contributed by atoms with Gasteiger partial charge in [-0.1, -0.05) is 11.6 Å². The third-order valence-corrected chi connectivity index (χ3v) is 4.35. The van der Waals surface area contributed by atoms with Crippen molar-refractivity contribution < 1.29 is 19.1 Å². The molecule has 1 aliphatic rings. The van der Waals surface area contributed by atoms with Crippen LogP contribution in [0.3, 0.4) is 0 Å². The van der Waals surface area contributed by atoms with Crippen molar-refractivity contribution in [3.63, 3.8) is 0 Å². The van der Waals surface area contributed by atoms with Gasteiger partial charge in [0.2, 0.25) is 0 Å². The number of carbonyl (C=O) groups excluding carboxylic acids is 1. The molecule has 1 atom stereocenters. The molecule has 0 bridgehead atoms. The number of hydrogen-bond acceptors (Lipinski definition) is 2. The summed E-state index contributed by atoms with van der Waals surface area (Å²) in [6, 6.07) is 3.74. The second-order valence-electron chi connectivity index (χ2n) is 5.40. The second-order valence-corrected chi connectivity index (χ2v) is 5.77. The van der Waals surface area contributed by atoms with Crippen molar-refractivity contribution in [1.29, 1.82) is 0 Å². The van der Waals surface area contributed by atoms with Gasteiger partial charge in [-0.25, -0.2) is 4.39 Å². The van der Waals surface area contributed by atoms with E-state index in [-0.39, 0.29) is 29.1 Å². The zero-order chi connectivity index (χ0) is 15.9. The topological polar surface area (TPSA) is 73.4 Å². The molecule has 7 heteroatoms. The van der Waals surface area contributed by atoms with E-state index in [2.05, 4.69) is 4.98 Å². The zero-order valence-corrected chi connectivity index (χ0v) is 12.4. The highest BCUT2D eigenvalue weighted by atomic mass is 35.5. The Kier molecular flexibility index (Phi) is 3.78. The maximum absolute atomic E-state index is 13.3. The number of carboxylic acid groups (broad SMARTS) is 1. The number of hydrogen-bond donors (Lipinski definition) is 2. The number of carbonyl (C=O) groups is 2. The molecule has 5 nitrogen and oxygen atoms in total. The molecule has 2 heterocycles. The molecule has 22 heavy (non-hydrogen) atoms. The van der Waals surface area contributed by atoms with Crippen molar-refractivity contribution in [2.24, 2.45) is 0 Å². The lowest BCUT2D eigenvalue weighted by Crippen LogP contribution is -2.37. The Labute approximate surface area is 130 Å². The fourth-order valence-electron chi connectivity index (χ4n) is 2.94. The molecule has 0 radical (unpaired) electrons. The van der Waals surface area contributed by atoms with E-state index in [1.165, 1.54) is 23.1 Å². The number of likely N-dealkylation sites (tertiary alicyclic amines) is 1. The number of aliphatic carboxylic acids is 1. The number of carboxylic acids is 1. The maximum Gasteiger partial charge on any atom is 0.305 e. The molecule has 1 aromatic carbocycles. The molecule has 1 aromatic heterocycles. The second kappa shape index (κ2) is 5.61. The summed E-state index contributed by atoms with van der Waals surface area (Å²) in [4.78, 5) is 28.0. The molecule has 0 spiro atoms. The number of benzene rings is 1. The first-order valence-electron chi connectivity index (χ1n) is 6.97. The van der Waals surface area contributed by atoms with Crippen molar-refractivity contribution in [1.82, 2.24) is 9.88 Å². The Bertz CT molecular complexity index is 759. The molecular formula is C15H14ClFN2O3. The van der Waals surface area contributed by atoms with Crippen molar-refractivity contribution in [3.8, 4) is 0 Å². The number of nitrogens with zero attached hydrogens (tertiary/aromatic N) is 1. The number of nitrogens with one attached hydrogen (secondary N) is 1. The normalized spacial score (nSPS) is 18.1. The highest BCUT2D eigenvalue weighted by Crippen LogP contribution is 2.31. The standard InChI is InChI=1S/C15H14ClFN2O3/c16-13-10-6-8(17)3-4-11(10)18-14(13)15(22)19-5-1-2-9(19)7-12(20)21/h3-4,6,9,18H,1-2,5,7H2,(H,20,21). The third-order valence-electron chi connectivity index (χ3n) is 3.96. The molecule has 1 unspecified atom stereocenters. The highest BCUT2D eigenvalue weighted by molar-refractivity contribution is 6.38. The molecule has 1 aliphatic heterocycles. The quantitative estimate of drug-likeness (QED) is 0.911. The summed E-state index contributed by atoms with van der Waals surface area (Å²) in [5.41, 5.74) is 0.753. The van der Waals surface area contributed by atoms with Crippen molar-refractivity contribution in [2.45, 2.75) is 25.3 Å². The Hall–Kier alpha value is -2.08. The van der Waals surface area contributed by atoms with Crippen LogP contribution in [0, 0.1) is 5.82 Å². The number of aromatic amines is 1. The Morgan fingerprint density at radius 2 is 2.23 bits per heavy atom. The van der Waals surface area contributed by atoms with Crippen LogP contribution in [-0.2, 0) is 4.79 Å². The van der Waals surface area contributed by atoms with Crippen LogP contribution in [0.4, 0.5) is 4.39 Å². The fraction of sp³-hybridized carbons (Fsp3) is 0.333. The van der Waals surface area contributed by atoms with E-state index >= 15 is 0 Å². The first-order valence-corrected chi connectivity index (χ1v) is 7.34. The van der Waals surface area contributed by atoms with Crippen LogP contribution in [0.15, 0.2) is 18.2 Å². The van der Waals surface area contributed by atoms with Gasteiger partial charge in [-0.2, -0.15) is 0 Å². The Morgan fingerprint density at radius 1 is 1.45 bits per heavy atom. The summed E-state index contributed by atoms with van der Waals surface area (Å²) in [5, 5.41) is 9.54. The van der Waals surface area contributed by atoms with E-state index in [1.807, 2.05) is 0 Å². The van der Waals surface area contributed by atoms with Gasteiger partial charge in [0.1, 0.15) is 11.5 Å². The number of fused-ring (bicyclic) bond motifs is 1. The van der Waals surface area contributed by atoms with Crippen LogP contribution in [-0.4, -0.2) is 39.5 Å². The largest absolute Gasteiger partial charge is 0.481 e. The average molecular weight is 325 g/mol. The molecule has 2 aromatic rings. The minimum atomic E-state index is -0.936. The minimum Gasteiger partial charge on any atom is -0.481 e. The molecule has 0 aliphatic carbocycles. The van der Waals surface area contributed by atoms with E-state index in [1.54, 1.807) is 0 Å². The predicted molar refractivity (Wildman–Crippen MR) is 79.6 cm³/mol. The Balaban J connectivity index is 1.95. The monoisotopic (exact) mass is 324 g/mol. The van der Waals surface area contributed by atoms with Gasteiger partial charge in [0.25, 0.3) is 5.91 Å². The highest BCUT2D eigenvalue weighted by Gasteiger charge is 2.33. The average Bonchev–Trinajstić information content (AvgIpc) is 3.03. The van der Waals surface area contributed by atoms with Gasteiger partial charge in [-0.15, -0.1) is 0 Å². The van der Waals surface area contributed by atoms with E-state index in [0.29, 0.717) is 23.9 Å². The zero-order valence-electron chi connectivity index (χ0n) is 11.6. The van der Waals surface area contributed by atoms with Crippen molar-refractivity contribution in [2.75, 3.05) is 6.54 Å². The number of amides is 1. The predicted octanol–water partition coefficient (Wildman–Crippen LogP) is 3.04. The van der Waals surface area contributed by atoms with Crippen LogP contribution in [0.2, 0.25) is 5.02 Å². The van der Waals surface area contributed by atoms with E-state index in [0.717, 1.165) is 6.42 Å². The van der Waals surface area contributed by atoms with Gasteiger partial charge >= 0.3 is 5.97 Å². The molecule has 0 saturated carbocycles. The molecule has 1 fully saturated rings. The smallest absolute Gasteiger partial charge is 0.305 e. The van der Waals surface area contributed by atoms with Crippen LogP contribution >= 0.6 is 11.6 Å². The summed E-state index contributed by atoms with van der Waals surface area (Å²) in [5.74, 6) is -1.71. The van der Waals surface area contributed by atoms with Crippen LogP contribution < -0.4 is 0 Å². The molecular weight excluding hydrogens is 311 g/mol. The summed E-state index contributed by atoms with van der Waals surface area (Å²) in [7, 11) is 0. The maximum atomic E-state index is 13.3. The summed E-state index contributed by atoms with van der Waals surface area (Å²) >= 11 is 6.19. The van der Waals surface area contributed by atoms with E-state index in [9.17, 15) is 14.0 Å². The lowest BCUT2D eigenvalue weighted by atomic mass is 10.1. The summed E-state index contributed by atoms with van der Waals surface area (Å²) in [6.07, 6.45) is 1.33.